The van der Waals surface area contributed by atoms with E-state index in [-0.39, 0.29) is 12.4 Å². The molecule has 0 spiro atoms. The van der Waals surface area contributed by atoms with Crippen LogP contribution < -0.4 is 15.8 Å². The van der Waals surface area contributed by atoms with E-state index in [1.165, 1.54) is 25.5 Å². The van der Waals surface area contributed by atoms with Gasteiger partial charge in [-0.25, -0.2) is 18.8 Å². The zero-order chi connectivity index (χ0) is 15.1. The molecule has 1 fully saturated rings. The van der Waals surface area contributed by atoms with Crippen LogP contribution in [0.3, 0.4) is 0 Å². The Bertz CT molecular complexity index is 478. The first kappa shape index (κ1) is 15.5. The number of hydrogen-bond acceptors (Lipinski definition) is 3. The molecule has 1 saturated carbocycles. The minimum atomic E-state index is -2.53. The van der Waals surface area contributed by atoms with Crippen LogP contribution >= 0.6 is 0 Å². The summed E-state index contributed by atoms with van der Waals surface area (Å²) in [6.45, 7) is 0.399. The van der Waals surface area contributed by atoms with E-state index < -0.39 is 13.0 Å². The van der Waals surface area contributed by atoms with Crippen molar-refractivity contribution in [2.24, 2.45) is 16.6 Å². The molecule has 1 aromatic heterocycles. The summed E-state index contributed by atoms with van der Waals surface area (Å²) in [4.78, 5) is 8.13. The number of ether oxygens (including phenoxy) is 1. The number of nitrogens with two attached hydrogens (primary N) is 1. The van der Waals surface area contributed by atoms with Crippen LogP contribution in [0.4, 0.5) is 8.78 Å². The average molecular weight is 298 g/mol. The third kappa shape index (κ3) is 5.17. The lowest BCUT2D eigenvalue weighted by atomic mass is 9.85. The number of rotatable bonds is 7. The van der Waals surface area contributed by atoms with Crippen LogP contribution in [0.2, 0.25) is 0 Å². The molecule has 2 rings (SSSR count). The van der Waals surface area contributed by atoms with Crippen molar-refractivity contribution in [1.82, 2.24) is 10.3 Å². The van der Waals surface area contributed by atoms with Crippen LogP contribution in [-0.4, -0.2) is 30.5 Å². The number of alkyl halides is 2. The van der Waals surface area contributed by atoms with Gasteiger partial charge in [-0.1, -0.05) is 12.5 Å². The number of nitrogens with one attached hydrogen (secondary N) is 1. The normalized spacial score (nSPS) is 15.9. The van der Waals surface area contributed by atoms with Crippen LogP contribution in [0, 0.1) is 5.92 Å². The van der Waals surface area contributed by atoms with Crippen molar-refractivity contribution in [3.63, 3.8) is 0 Å². The Morgan fingerprint density at radius 2 is 2.33 bits per heavy atom. The maximum atomic E-state index is 12.2. The van der Waals surface area contributed by atoms with Gasteiger partial charge in [-0.3, -0.25) is 0 Å². The molecule has 0 atom stereocenters. The summed E-state index contributed by atoms with van der Waals surface area (Å²) in [6.07, 6.45) is 2.71. The van der Waals surface area contributed by atoms with Gasteiger partial charge in [0.25, 0.3) is 6.43 Å². The fraction of sp³-hybridized carbons (Fsp3) is 0.571. The highest BCUT2D eigenvalue weighted by molar-refractivity contribution is 5.77. The SMILES string of the molecule is NC(=NCc1cccnc1OCC(F)F)NCC1CCC1. The van der Waals surface area contributed by atoms with Crippen molar-refractivity contribution < 1.29 is 13.5 Å². The van der Waals surface area contributed by atoms with E-state index in [0.29, 0.717) is 17.4 Å². The van der Waals surface area contributed by atoms with Crippen molar-refractivity contribution in [3.05, 3.63) is 23.9 Å². The van der Waals surface area contributed by atoms with Gasteiger partial charge in [0.2, 0.25) is 5.88 Å². The first-order valence-electron chi connectivity index (χ1n) is 7.03. The van der Waals surface area contributed by atoms with Crippen LogP contribution in [0.15, 0.2) is 23.3 Å². The number of nitrogens with zero attached hydrogens (tertiary/aromatic N) is 2. The molecule has 21 heavy (non-hydrogen) atoms. The molecule has 5 nitrogen and oxygen atoms in total. The van der Waals surface area contributed by atoms with Crippen LogP contribution in [0.1, 0.15) is 24.8 Å². The smallest absolute Gasteiger partial charge is 0.272 e. The molecule has 0 saturated heterocycles. The maximum Gasteiger partial charge on any atom is 0.272 e. The first-order valence-corrected chi connectivity index (χ1v) is 7.03. The average Bonchev–Trinajstić information content (AvgIpc) is 2.42. The van der Waals surface area contributed by atoms with Crippen LogP contribution in [0.5, 0.6) is 5.88 Å². The van der Waals surface area contributed by atoms with Crippen molar-refractivity contribution >= 4 is 5.96 Å². The van der Waals surface area contributed by atoms with E-state index in [1.54, 1.807) is 12.1 Å². The molecular weight excluding hydrogens is 278 g/mol. The van der Waals surface area contributed by atoms with E-state index in [4.69, 9.17) is 10.5 Å². The molecule has 1 aliphatic carbocycles. The Labute approximate surface area is 122 Å². The highest BCUT2D eigenvalue weighted by Gasteiger charge is 2.16. The Balaban J connectivity index is 1.85. The minimum absolute atomic E-state index is 0.174. The molecule has 3 N–H and O–H groups in total. The van der Waals surface area contributed by atoms with E-state index in [2.05, 4.69) is 15.3 Å². The van der Waals surface area contributed by atoms with E-state index in [1.807, 2.05) is 0 Å². The molecule has 0 aromatic carbocycles. The molecule has 0 radical (unpaired) electrons. The Hall–Kier alpha value is -1.92. The highest BCUT2D eigenvalue weighted by Crippen LogP contribution is 2.25. The van der Waals surface area contributed by atoms with Gasteiger partial charge in [0.05, 0.1) is 6.54 Å². The summed E-state index contributed by atoms with van der Waals surface area (Å²) >= 11 is 0. The second kappa shape index (κ2) is 7.75. The number of hydrogen-bond donors (Lipinski definition) is 2. The standard InChI is InChI=1S/C14H20F2N4O/c15-12(16)9-21-13-11(5-2-6-18-13)8-20-14(17)19-7-10-3-1-4-10/h2,5-6,10,12H,1,3-4,7-9H2,(H3,17,19,20). The molecule has 1 aromatic rings. The summed E-state index contributed by atoms with van der Waals surface area (Å²) in [7, 11) is 0. The molecule has 0 unspecified atom stereocenters. The lowest BCUT2D eigenvalue weighted by Crippen LogP contribution is -2.37. The fourth-order valence-corrected chi connectivity index (χ4v) is 1.99. The number of guanidine groups is 1. The number of aromatic nitrogens is 1. The molecule has 1 aliphatic rings. The summed E-state index contributed by atoms with van der Waals surface area (Å²) in [5, 5.41) is 3.07. The van der Waals surface area contributed by atoms with Crippen molar-refractivity contribution in [1.29, 1.82) is 0 Å². The number of aliphatic imine (C=N–C) groups is 1. The topological polar surface area (TPSA) is 72.5 Å². The minimum Gasteiger partial charge on any atom is -0.471 e. The molecule has 7 heteroatoms. The van der Waals surface area contributed by atoms with Crippen molar-refractivity contribution in [3.8, 4) is 5.88 Å². The van der Waals surface area contributed by atoms with Gasteiger partial charge in [0, 0.05) is 18.3 Å². The Kier molecular flexibility index (Phi) is 5.71. The van der Waals surface area contributed by atoms with Gasteiger partial charge >= 0.3 is 0 Å². The summed E-state index contributed by atoms with van der Waals surface area (Å²) in [6, 6.07) is 3.44. The third-order valence-corrected chi connectivity index (χ3v) is 3.41. The Morgan fingerprint density at radius 3 is 3.00 bits per heavy atom. The fourth-order valence-electron chi connectivity index (χ4n) is 1.99. The summed E-state index contributed by atoms with van der Waals surface area (Å²) < 4.78 is 29.3. The van der Waals surface area contributed by atoms with Gasteiger partial charge in [-0.2, -0.15) is 0 Å². The van der Waals surface area contributed by atoms with E-state index in [0.717, 1.165) is 6.54 Å². The largest absolute Gasteiger partial charge is 0.471 e. The quantitative estimate of drug-likeness (QED) is 0.596. The van der Waals surface area contributed by atoms with Crippen LogP contribution in [-0.2, 0) is 6.54 Å². The summed E-state index contributed by atoms with van der Waals surface area (Å²) in [5.74, 6) is 1.21. The third-order valence-electron chi connectivity index (χ3n) is 3.41. The van der Waals surface area contributed by atoms with Gasteiger partial charge in [0.1, 0.15) is 0 Å². The number of halogens is 2. The molecular formula is C14H20F2N4O. The predicted molar refractivity (Wildman–Crippen MR) is 76.4 cm³/mol. The van der Waals surface area contributed by atoms with Gasteiger partial charge in [0.15, 0.2) is 12.6 Å². The monoisotopic (exact) mass is 298 g/mol. The van der Waals surface area contributed by atoms with E-state index >= 15 is 0 Å². The molecule has 1 heterocycles. The molecule has 116 valence electrons. The maximum absolute atomic E-state index is 12.2. The first-order chi connectivity index (χ1) is 10.1. The second-order valence-corrected chi connectivity index (χ2v) is 5.05. The van der Waals surface area contributed by atoms with E-state index in [9.17, 15) is 8.78 Å². The highest BCUT2D eigenvalue weighted by atomic mass is 19.3. The zero-order valence-electron chi connectivity index (χ0n) is 11.8. The molecule has 0 amide bonds. The lowest BCUT2D eigenvalue weighted by molar-refractivity contribution is 0.0791. The summed E-state index contributed by atoms with van der Waals surface area (Å²) in [5.41, 5.74) is 6.41. The predicted octanol–water partition coefficient (Wildman–Crippen LogP) is 1.93. The zero-order valence-corrected chi connectivity index (χ0v) is 11.8. The van der Waals surface area contributed by atoms with Crippen molar-refractivity contribution in [2.75, 3.05) is 13.2 Å². The second-order valence-electron chi connectivity index (χ2n) is 5.05. The molecule has 0 aliphatic heterocycles. The Morgan fingerprint density at radius 1 is 1.52 bits per heavy atom. The number of pyridine rings is 1. The molecule has 0 bridgehead atoms. The van der Waals surface area contributed by atoms with Crippen molar-refractivity contribution in [2.45, 2.75) is 32.2 Å². The van der Waals surface area contributed by atoms with Gasteiger partial charge in [-0.15, -0.1) is 0 Å². The van der Waals surface area contributed by atoms with Crippen LogP contribution in [0.25, 0.3) is 0 Å². The van der Waals surface area contributed by atoms with Gasteiger partial charge in [-0.05, 0) is 24.8 Å². The van der Waals surface area contributed by atoms with Gasteiger partial charge < -0.3 is 15.8 Å². The lowest BCUT2D eigenvalue weighted by Gasteiger charge is -2.25.